The van der Waals surface area contributed by atoms with Gasteiger partial charge in [-0.15, -0.1) is 22.9 Å². The largest absolute Gasteiger partial charge is 0.132 e. The summed E-state index contributed by atoms with van der Waals surface area (Å²) in [6, 6.07) is 0. The van der Waals surface area contributed by atoms with E-state index in [1.807, 2.05) is 0 Å². The predicted molar refractivity (Wildman–Crippen MR) is 76.1 cm³/mol. The van der Waals surface area contributed by atoms with Gasteiger partial charge in [-0.25, -0.2) is 0 Å². The highest BCUT2D eigenvalue weighted by Gasteiger charge is 2.07. The van der Waals surface area contributed by atoms with Gasteiger partial charge >= 0.3 is 0 Å². The molecule has 84 valence electrons. The molecule has 0 unspecified atom stereocenters. The molecule has 0 N–H and O–H groups in total. The maximum atomic E-state index is 3.38. The first-order valence-electron chi connectivity index (χ1n) is 5.71. The van der Waals surface area contributed by atoms with Crippen LogP contribution in [0.4, 0.5) is 0 Å². The third-order valence-electron chi connectivity index (χ3n) is 1.53. The van der Waals surface area contributed by atoms with Crippen LogP contribution in [0, 0.1) is 22.9 Å². The molecule has 0 bridgehead atoms. The Morgan fingerprint density at radius 1 is 0.667 bits per heavy atom. The van der Waals surface area contributed by atoms with Crippen molar-refractivity contribution >= 4 is 16.1 Å². The number of rotatable bonds is 2. The van der Waals surface area contributed by atoms with Crippen LogP contribution in [0.25, 0.3) is 0 Å². The fraction of sp³-hybridized carbons (Fsp3) is 0.692. The Kier molecular flexibility index (Phi) is 6.02. The molecule has 0 aromatic heterocycles. The Labute approximate surface area is 97.9 Å². The van der Waals surface area contributed by atoms with E-state index in [1.54, 1.807) is 0 Å². The first kappa shape index (κ1) is 14.6. The van der Waals surface area contributed by atoms with Crippen LogP contribution in [-0.2, 0) is 0 Å². The monoisotopic (exact) mass is 236 g/mol. The maximum Gasteiger partial charge on any atom is 0.129 e. The third-order valence-corrected chi connectivity index (χ3v) is 3.38. The van der Waals surface area contributed by atoms with Crippen molar-refractivity contribution in [3.05, 3.63) is 0 Å². The summed E-state index contributed by atoms with van der Waals surface area (Å²) in [5.74, 6) is 6.56. The van der Waals surface area contributed by atoms with Crippen molar-refractivity contribution in [2.24, 2.45) is 0 Å². The highest BCUT2D eigenvalue weighted by molar-refractivity contribution is 6.84. The Balaban J connectivity index is 3.72. The van der Waals surface area contributed by atoms with Crippen molar-refractivity contribution in [2.75, 3.05) is 0 Å². The molecule has 0 nitrogen and oxygen atoms in total. The van der Waals surface area contributed by atoms with Gasteiger partial charge in [0.25, 0.3) is 0 Å². The minimum absolute atomic E-state index is 1.02. The second-order valence-corrected chi connectivity index (χ2v) is 15.5. The van der Waals surface area contributed by atoms with E-state index in [1.165, 1.54) is 0 Å². The summed E-state index contributed by atoms with van der Waals surface area (Å²) in [6.07, 6.45) is 3.17. The van der Waals surface area contributed by atoms with Gasteiger partial charge in [-0.05, 0) is 6.42 Å². The molecule has 0 heterocycles. The van der Waals surface area contributed by atoms with E-state index in [0.717, 1.165) is 19.3 Å². The van der Waals surface area contributed by atoms with Gasteiger partial charge in [0.05, 0.1) is 0 Å². The van der Waals surface area contributed by atoms with Crippen LogP contribution in [0.1, 0.15) is 19.3 Å². The minimum Gasteiger partial charge on any atom is -0.132 e. The standard InChI is InChI=1S/C13H24Si2/c1-14(2,3)12-10-8-7-9-11-13-15(4,5)6/h7-9H2,1-6H3. The lowest BCUT2D eigenvalue weighted by molar-refractivity contribution is 0.904. The maximum absolute atomic E-state index is 3.38. The van der Waals surface area contributed by atoms with Gasteiger partial charge in [-0.1, -0.05) is 39.3 Å². The third kappa shape index (κ3) is 13.6. The quantitative estimate of drug-likeness (QED) is 0.387. The minimum atomic E-state index is -1.15. The summed E-state index contributed by atoms with van der Waals surface area (Å²) in [6.45, 7) is 13.7. The molecule has 15 heavy (non-hydrogen) atoms. The van der Waals surface area contributed by atoms with Crippen LogP contribution in [0.2, 0.25) is 39.3 Å². The van der Waals surface area contributed by atoms with Gasteiger partial charge in [0, 0.05) is 12.8 Å². The van der Waals surface area contributed by atoms with Crippen molar-refractivity contribution in [1.29, 1.82) is 0 Å². The number of hydrogen-bond acceptors (Lipinski definition) is 0. The molecule has 0 amide bonds. The van der Waals surface area contributed by atoms with Crippen LogP contribution in [0.5, 0.6) is 0 Å². The molecular formula is C13H24Si2. The lowest BCUT2D eigenvalue weighted by Crippen LogP contribution is -2.16. The van der Waals surface area contributed by atoms with E-state index in [2.05, 4.69) is 62.2 Å². The van der Waals surface area contributed by atoms with E-state index in [4.69, 9.17) is 0 Å². The van der Waals surface area contributed by atoms with Crippen LogP contribution in [-0.4, -0.2) is 16.1 Å². The Morgan fingerprint density at radius 3 is 1.27 bits per heavy atom. The average molecular weight is 237 g/mol. The van der Waals surface area contributed by atoms with Crippen molar-refractivity contribution in [3.8, 4) is 22.9 Å². The van der Waals surface area contributed by atoms with Crippen LogP contribution in [0.3, 0.4) is 0 Å². The molecule has 0 radical (unpaired) electrons. The first-order chi connectivity index (χ1) is 6.71. The zero-order valence-electron chi connectivity index (χ0n) is 11.1. The lowest BCUT2D eigenvalue weighted by Gasteiger charge is -2.03. The van der Waals surface area contributed by atoms with Crippen LogP contribution >= 0.6 is 0 Å². The number of hydrogen-bond donors (Lipinski definition) is 0. The molecule has 0 spiro atoms. The zero-order chi connectivity index (χ0) is 11.9. The molecule has 0 atom stereocenters. The molecule has 0 aliphatic heterocycles. The second kappa shape index (κ2) is 6.21. The van der Waals surface area contributed by atoms with Gasteiger partial charge in [0.1, 0.15) is 16.1 Å². The molecule has 0 saturated heterocycles. The molecule has 0 aromatic carbocycles. The van der Waals surface area contributed by atoms with E-state index in [0.29, 0.717) is 0 Å². The topological polar surface area (TPSA) is 0 Å². The normalized spacial score (nSPS) is 11.1. The van der Waals surface area contributed by atoms with Gasteiger partial charge in [-0.3, -0.25) is 0 Å². The fourth-order valence-electron chi connectivity index (χ4n) is 0.920. The van der Waals surface area contributed by atoms with Crippen molar-refractivity contribution in [2.45, 2.75) is 58.5 Å². The molecule has 0 aliphatic rings. The van der Waals surface area contributed by atoms with Crippen molar-refractivity contribution < 1.29 is 0 Å². The van der Waals surface area contributed by atoms with E-state index < -0.39 is 16.1 Å². The highest BCUT2D eigenvalue weighted by atomic mass is 28.3. The molecule has 0 aliphatic carbocycles. The van der Waals surface area contributed by atoms with Crippen molar-refractivity contribution in [1.82, 2.24) is 0 Å². The summed E-state index contributed by atoms with van der Waals surface area (Å²) < 4.78 is 0. The predicted octanol–water partition coefficient (Wildman–Crippen LogP) is 3.92. The SMILES string of the molecule is C[Si](C)(C)C#CCCCC#C[Si](C)(C)C. The van der Waals surface area contributed by atoms with E-state index >= 15 is 0 Å². The molecular weight excluding hydrogens is 212 g/mol. The smallest absolute Gasteiger partial charge is 0.129 e. The second-order valence-electron chi connectivity index (χ2n) is 5.96. The van der Waals surface area contributed by atoms with Gasteiger partial charge in [-0.2, -0.15) is 0 Å². The van der Waals surface area contributed by atoms with E-state index in [-0.39, 0.29) is 0 Å². The summed E-state index contributed by atoms with van der Waals surface area (Å²) in [4.78, 5) is 0. The van der Waals surface area contributed by atoms with E-state index in [9.17, 15) is 0 Å². The highest BCUT2D eigenvalue weighted by Crippen LogP contribution is 2.00. The summed E-state index contributed by atoms with van der Waals surface area (Å²) in [7, 11) is -2.29. The Morgan fingerprint density at radius 2 is 1.00 bits per heavy atom. The fourth-order valence-corrected chi connectivity index (χ4v) is 2.23. The Hall–Kier alpha value is -0.446. The summed E-state index contributed by atoms with van der Waals surface area (Å²) in [5, 5.41) is 0. The average Bonchev–Trinajstić information content (AvgIpc) is 1.98. The molecule has 2 heteroatoms. The zero-order valence-corrected chi connectivity index (χ0v) is 13.1. The number of unbranched alkanes of at least 4 members (excludes halogenated alkanes) is 2. The van der Waals surface area contributed by atoms with Gasteiger partial charge in [0.2, 0.25) is 0 Å². The molecule has 0 fully saturated rings. The molecule has 0 rings (SSSR count). The van der Waals surface area contributed by atoms with Crippen molar-refractivity contribution in [3.63, 3.8) is 0 Å². The molecule has 0 aromatic rings. The summed E-state index contributed by atoms with van der Waals surface area (Å²) in [5.41, 5.74) is 6.76. The van der Waals surface area contributed by atoms with Gasteiger partial charge in [0.15, 0.2) is 0 Å². The Bertz CT molecular complexity index is 262. The van der Waals surface area contributed by atoms with Crippen LogP contribution < -0.4 is 0 Å². The lowest BCUT2D eigenvalue weighted by atomic mass is 10.2. The first-order valence-corrected chi connectivity index (χ1v) is 12.7. The van der Waals surface area contributed by atoms with Gasteiger partial charge < -0.3 is 0 Å². The van der Waals surface area contributed by atoms with Crippen LogP contribution in [0.15, 0.2) is 0 Å². The summed E-state index contributed by atoms with van der Waals surface area (Å²) >= 11 is 0. The molecule has 0 saturated carbocycles.